The maximum Gasteiger partial charge on any atom is 0.245 e. The first-order valence-corrected chi connectivity index (χ1v) is 10.1. The summed E-state index contributed by atoms with van der Waals surface area (Å²) >= 11 is 1.53. The van der Waals surface area contributed by atoms with Gasteiger partial charge >= 0.3 is 0 Å². The van der Waals surface area contributed by atoms with Gasteiger partial charge in [0.25, 0.3) is 0 Å². The average molecular weight is 423 g/mol. The second kappa shape index (κ2) is 10.0. The lowest BCUT2D eigenvalue weighted by molar-refractivity contribution is -0.125. The fourth-order valence-corrected chi connectivity index (χ4v) is 4.29. The molecule has 3 rings (SSSR count). The molecule has 28 heavy (non-hydrogen) atoms. The fourth-order valence-electron chi connectivity index (χ4n) is 3.19. The van der Waals surface area contributed by atoms with Crippen LogP contribution in [0.1, 0.15) is 42.3 Å². The second-order valence-corrected chi connectivity index (χ2v) is 8.36. The largest absolute Gasteiger partial charge is 0.346 e. The molecule has 0 radical (unpaired) electrons. The Morgan fingerprint density at radius 2 is 2.00 bits per heavy atom. The highest BCUT2D eigenvalue weighted by Gasteiger charge is 2.24. The van der Waals surface area contributed by atoms with E-state index in [1.807, 2.05) is 19.9 Å². The van der Waals surface area contributed by atoms with Crippen LogP contribution in [0.5, 0.6) is 0 Å². The van der Waals surface area contributed by atoms with E-state index in [2.05, 4.69) is 39.9 Å². The molecular formula is C20H27ClN4O2S. The molecule has 2 atom stereocenters. The molecule has 1 aliphatic rings. The SMILES string of the molecule is CC(C)[C@H](N)C(=O)NCC(=O)Nc1nc2c(s1)CC(c1ccccc1)CC2.Cl. The Balaban J connectivity index is 0.00000280. The molecule has 0 saturated carbocycles. The lowest BCUT2D eigenvalue weighted by atomic mass is 9.85. The summed E-state index contributed by atoms with van der Waals surface area (Å²) < 4.78 is 0. The molecule has 0 fully saturated rings. The molecule has 1 unspecified atom stereocenters. The molecule has 1 heterocycles. The number of halogens is 1. The number of carbonyl (C=O) groups is 2. The molecule has 152 valence electrons. The van der Waals surface area contributed by atoms with Crippen LogP contribution < -0.4 is 16.4 Å². The predicted molar refractivity (Wildman–Crippen MR) is 115 cm³/mol. The minimum Gasteiger partial charge on any atom is -0.346 e. The molecule has 0 spiro atoms. The monoisotopic (exact) mass is 422 g/mol. The van der Waals surface area contributed by atoms with E-state index in [1.54, 1.807) is 0 Å². The van der Waals surface area contributed by atoms with Gasteiger partial charge in [0, 0.05) is 4.88 Å². The summed E-state index contributed by atoms with van der Waals surface area (Å²) in [7, 11) is 0. The zero-order valence-corrected chi connectivity index (χ0v) is 17.7. The fraction of sp³-hybridized carbons (Fsp3) is 0.450. The van der Waals surface area contributed by atoms with E-state index in [9.17, 15) is 9.59 Å². The number of fused-ring (bicyclic) bond motifs is 1. The molecule has 0 saturated heterocycles. The number of aromatic nitrogens is 1. The van der Waals surface area contributed by atoms with Gasteiger partial charge in [-0.3, -0.25) is 9.59 Å². The molecule has 4 N–H and O–H groups in total. The van der Waals surface area contributed by atoms with Crippen molar-refractivity contribution in [1.29, 1.82) is 0 Å². The van der Waals surface area contributed by atoms with Gasteiger partial charge in [0.15, 0.2) is 5.13 Å². The van der Waals surface area contributed by atoms with Crippen molar-refractivity contribution in [3.63, 3.8) is 0 Å². The Hall–Kier alpha value is -1.96. The van der Waals surface area contributed by atoms with Crippen molar-refractivity contribution in [2.75, 3.05) is 11.9 Å². The van der Waals surface area contributed by atoms with Crippen LogP contribution in [-0.4, -0.2) is 29.4 Å². The van der Waals surface area contributed by atoms with Gasteiger partial charge in [0.05, 0.1) is 18.3 Å². The zero-order valence-electron chi connectivity index (χ0n) is 16.1. The molecule has 1 aliphatic carbocycles. The van der Waals surface area contributed by atoms with E-state index >= 15 is 0 Å². The number of benzene rings is 1. The number of nitrogens with one attached hydrogen (secondary N) is 2. The standard InChI is InChI=1S/C20H26N4O2S.ClH/c1-12(2)18(21)19(26)22-11-17(25)24-20-23-15-9-8-14(10-16(15)27-20)13-6-4-3-5-7-13;/h3-7,12,14,18H,8-11,21H2,1-2H3,(H,22,26)(H,23,24,25);1H/t14?,18-;/m0./s1. The smallest absolute Gasteiger partial charge is 0.245 e. The van der Waals surface area contributed by atoms with Crippen molar-refractivity contribution in [2.45, 2.75) is 45.1 Å². The maximum atomic E-state index is 12.1. The third kappa shape index (κ3) is 5.53. The molecule has 8 heteroatoms. The van der Waals surface area contributed by atoms with Crippen LogP contribution in [0, 0.1) is 5.92 Å². The lowest BCUT2D eigenvalue weighted by Gasteiger charge is -2.21. The first-order valence-electron chi connectivity index (χ1n) is 9.30. The molecule has 0 bridgehead atoms. The van der Waals surface area contributed by atoms with Gasteiger partial charge in [-0.1, -0.05) is 44.2 Å². The highest BCUT2D eigenvalue weighted by molar-refractivity contribution is 7.15. The number of hydrogen-bond donors (Lipinski definition) is 3. The first-order chi connectivity index (χ1) is 12.9. The minimum atomic E-state index is -0.611. The second-order valence-electron chi connectivity index (χ2n) is 7.28. The Labute approximate surface area is 175 Å². The molecule has 2 amide bonds. The quantitative estimate of drug-likeness (QED) is 0.666. The molecule has 1 aromatic carbocycles. The third-order valence-electron chi connectivity index (χ3n) is 4.90. The van der Waals surface area contributed by atoms with Crippen LogP contribution in [0.3, 0.4) is 0 Å². The number of carbonyl (C=O) groups excluding carboxylic acids is 2. The van der Waals surface area contributed by atoms with Crippen molar-refractivity contribution in [3.8, 4) is 0 Å². The lowest BCUT2D eigenvalue weighted by Crippen LogP contribution is -2.46. The number of anilines is 1. The van der Waals surface area contributed by atoms with E-state index in [0.717, 1.165) is 25.0 Å². The zero-order chi connectivity index (χ0) is 19.4. The van der Waals surface area contributed by atoms with Crippen molar-refractivity contribution in [3.05, 3.63) is 46.5 Å². The van der Waals surface area contributed by atoms with Crippen LogP contribution in [0.4, 0.5) is 5.13 Å². The summed E-state index contributed by atoms with van der Waals surface area (Å²) in [6.45, 7) is 3.64. The predicted octanol–water partition coefficient (Wildman–Crippen LogP) is 2.88. The molecular weight excluding hydrogens is 396 g/mol. The first kappa shape index (κ1) is 22.3. The number of amides is 2. The van der Waals surface area contributed by atoms with Crippen LogP contribution in [0.2, 0.25) is 0 Å². The Morgan fingerprint density at radius 3 is 2.68 bits per heavy atom. The van der Waals surface area contributed by atoms with Gasteiger partial charge in [0.1, 0.15) is 0 Å². The topological polar surface area (TPSA) is 97.1 Å². The van der Waals surface area contributed by atoms with Gasteiger partial charge in [-0.05, 0) is 36.7 Å². The minimum absolute atomic E-state index is 0. The van der Waals surface area contributed by atoms with Gasteiger partial charge in [-0.2, -0.15) is 0 Å². The van der Waals surface area contributed by atoms with E-state index in [1.165, 1.54) is 21.8 Å². The summed E-state index contributed by atoms with van der Waals surface area (Å²) in [6.07, 6.45) is 2.94. The number of nitrogens with zero attached hydrogens (tertiary/aromatic N) is 1. The summed E-state index contributed by atoms with van der Waals surface area (Å²) in [6, 6.07) is 9.91. The van der Waals surface area contributed by atoms with Crippen LogP contribution in [0.15, 0.2) is 30.3 Å². The van der Waals surface area contributed by atoms with Crippen LogP contribution >= 0.6 is 23.7 Å². The summed E-state index contributed by atoms with van der Waals surface area (Å²) in [5.41, 5.74) is 8.20. The van der Waals surface area contributed by atoms with Gasteiger partial charge in [0.2, 0.25) is 11.8 Å². The number of rotatable bonds is 6. The number of aryl methyl sites for hydroxylation is 1. The van der Waals surface area contributed by atoms with Crippen LogP contribution in [-0.2, 0) is 22.4 Å². The third-order valence-corrected chi connectivity index (χ3v) is 5.94. The number of thiazole rings is 1. The summed E-state index contributed by atoms with van der Waals surface area (Å²) in [5.74, 6) is -0.0786. The van der Waals surface area contributed by atoms with E-state index in [4.69, 9.17) is 5.73 Å². The van der Waals surface area contributed by atoms with Crippen molar-refractivity contribution in [1.82, 2.24) is 10.3 Å². The maximum absolute atomic E-state index is 12.1. The number of hydrogen-bond acceptors (Lipinski definition) is 5. The Morgan fingerprint density at radius 1 is 1.29 bits per heavy atom. The highest BCUT2D eigenvalue weighted by atomic mass is 35.5. The van der Waals surface area contributed by atoms with Crippen LogP contribution in [0.25, 0.3) is 0 Å². The Kier molecular flexibility index (Phi) is 7.98. The van der Waals surface area contributed by atoms with Gasteiger partial charge in [-0.25, -0.2) is 4.98 Å². The van der Waals surface area contributed by atoms with Crippen molar-refractivity contribution >= 4 is 40.7 Å². The van der Waals surface area contributed by atoms with E-state index in [0.29, 0.717) is 11.0 Å². The molecule has 0 aliphatic heterocycles. The van der Waals surface area contributed by atoms with E-state index < -0.39 is 6.04 Å². The van der Waals surface area contributed by atoms with Crippen molar-refractivity contribution < 1.29 is 9.59 Å². The average Bonchev–Trinajstić information content (AvgIpc) is 3.07. The molecule has 1 aromatic heterocycles. The Bertz CT molecular complexity index is 810. The summed E-state index contributed by atoms with van der Waals surface area (Å²) in [4.78, 5) is 29.7. The molecule has 6 nitrogen and oxygen atoms in total. The highest BCUT2D eigenvalue weighted by Crippen LogP contribution is 2.36. The number of nitrogens with two attached hydrogens (primary N) is 1. The normalized spacial score (nSPS) is 16.6. The van der Waals surface area contributed by atoms with E-state index in [-0.39, 0.29) is 36.7 Å². The van der Waals surface area contributed by atoms with Gasteiger partial charge < -0.3 is 16.4 Å². The summed E-state index contributed by atoms with van der Waals surface area (Å²) in [5, 5.41) is 5.96. The molecule has 2 aromatic rings. The van der Waals surface area contributed by atoms with Gasteiger partial charge in [-0.15, -0.1) is 23.7 Å². The van der Waals surface area contributed by atoms with Crippen molar-refractivity contribution in [2.24, 2.45) is 11.7 Å².